The van der Waals surface area contributed by atoms with E-state index in [2.05, 4.69) is 28.9 Å². The number of hydrogen-bond acceptors (Lipinski definition) is 2. The van der Waals surface area contributed by atoms with Gasteiger partial charge in [0.15, 0.2) is 12.4 Å². The van der Waals surface area contributed by atoms with Gasteiger partial charge in [-0.25, -0.2) is 4.57 Å². The van der Waals surface area contributed by atoms with Gasteiger partial charge in [-0.2, -0.15) is 0 Å². The fourth-order valence-corrected chi connectivity index (χ4v) is 2.37. The summed E-state index contributed by atoms with van der Waals surface area (Å²) in [4.78, 5) is 16.3. The van der Waals surface area contributed by atoms with E-state index < -0.39 is 0 Å². The molecule has 1 fully saturated rings. The number of aryl methyl sites for hydroxylation is 1. The summed E-state index contributed by atoms with van der Waals surface area (Å²) in [7, 11) is 2.11. The highest BCUT2D eigenvalue weighted by Crippen LogP contribution is 2.05. The van der Waals surface area contributed by atoms with Crippen molar-refractivity contribution < 1.29 is 9.36 Å². The maximum absolute atomic E-state index is 12.0. The molecule has 0 spiro atoms. The van der Waals surface area contributed by atoms with Crippen LogP contribution in [0.5, 0.6) is 0 Å². The van der Waals surface area contributed by atoms with Crippen LogP contribution in [0.3, 0.4) is 0 Å². The molecule has 1 aromatic rings. The normalized spacial score (nSPS) is 16.6. The lowest BCUT2D eigenvalue weighted by atomic mass is 10.2. The number of rotatable bonds is 5. The third-order valence-corrected chi connectivity index (χ3v) is 3.69. The first-order valence-corrected chi connectivity index (χ1v) is 7.16. The molecular formula is C15H24N3O+. The molecule has 1 aliphatic heterocycles. The van der Waals surface area contributed by atoms with Crippen LogP contribution in [-0.4, -0.2) is 48.9 Å². The van der Waals surface area contributed by atoms with Gasteiger partial charge < -0.3 is 9.80 Å². The van der Waals surface area contributed by atoms with Gasteiger partial charge in [-0.1, -0.05) is 6.07 Å². The predicted molar refractivity (Wildman–Crippen MR) is 74.6 cm³/mol. The lowest BCUT2D eigenvalue weighted by Crippen LogP contribution is -2.47. The summed E-state index contributed by atoms with van der Waals surface area (Å²) < 4.78 is 2.17. The summed E-state index contributed by atoms with van der Waals surface area (Å²) in [6.45, 7) is 4.79. The van der Waals surface area contributed by atoms with E-state index in [0.29, 0.717) is 12.3 Å². The van der Waals surface area contributed by atoms with Crippen LogP contribution in [-0.2, 0) is 11.3 Å². The van der Waals surface area contributed by atoms with Crippen LogP contribution in [0, 0.1) is 0 Å². The van der Waals surface area contributed by atoms with E-state index in [9.17, 15) is 4.79 Å². The summed E-state index contributed by atoms with van der Waals surface area (Å²) in [5.41, 5.74) is 0. The van der Waals surface area contributed by atoms with Crippen LogP contribution in [0.1, 0.15) is 19.3 Å². The first kappa shape index (κ1) is 14.0. The molecule has 1 aromatic heterocycles. The molecule has 104 valence electrons. The first-order valence-electron chi connectivity index (χ1n) is 7.16. The molecule has 19 heavy (non-hydrogen) atoms. The highest BCUT2D eigenvalue weighted by molar-refractivity contribution is 5.76. The number of amides is 1. The van der Waals surface area contributed by atoms with E-state index >= 15 is 0 Å². The molecule has 0 atom stereocenters. The van der Waals surface area contributed by atoms with Gasteiger partial charge in [0.25, 0.3) is 0 Å². The minimum Gasteiger partial charge on any atom is -0.340 e. The number of nitrogens with zero attached hydrogens (tertiary/aromatic N) is 3. The van der Waals surface area contributed by atoms with Crippen molar-refractivity contribution in [2.75, 3.05) is 33.2 Å². The molecule has 1 amide bonds. The van der Waals surface area contributed by atoms with Crippen molar-refractivity contribution in [3.05, 3.63) is 30.6 Å². The van der Waals surface area contributed by atoms with E-state index in [4.69, 9.17) is 0 Å². The maximum atomic E-state index is 12.0. The van der Waals surface area contributed by atoms with E-state index in [1.54, 1.807) is 0 Å². The van der Waals surface area contributed by atoms with Crippen LogP contribution in [0.15, 0.2) is 30.6 Å². The summed E-state index contributed by atoms with van der Waals surface area (Å²) in [5.74, 6) is 0.325. The largest absolute Gasteiger partial charge is 0.340 e. The van der Waals surface area contributed by atoms with Gasteiger partial charge in [0.05, 0.1) is 0 Å². The zero-order valence-electron chi connectivity index (χ0n) is 11.8. The van der Waals surface area contributed by atoms with Crippen LogP contribution < -0.4 is 4.57 Å². The molecule has 4 heteroatoms. The van der Waals surface area contributed by atoms with Crippen LogP contribution >= 0.6 is 0 Å². The number of piperazine rings is 1. The van der Waals surface area contributed by atoms with Crippen molar-refractivity contribution in [3.8, 4) is 0 Å². The number of likely N-dealkylation sites (N-methyl/N-ethyl adjacent to an activating group) is 1. The van der Waals surface area contributed by atoms with Crippen molar-refractivity contribution in [1.29, 1.82) is 0 Å². The van der Waals surface area contributed by atoms with E-state index in [1.165, 1.54) is 0 Å². The monoisotopic (exact) mass is 262 g/mol. The molecule has 0 N–H and O–H groups in total. The summed E-state index contributed by atoms with van der Waals surface area (Å²) in [5, 5.41) is 0. The molecule has 0 saturated carbocycles. The van der Waals surface area contributed by atoms with Crippen LogP contribution in [0.2, 0.25) is 0 Å². The Hall–Kier alpha value is -1.42. The number of aromatic nitrogens is 1. The van der Waals surface area contributed by atoms with Gasteiger partial charge in [-0.15, -0.1) is 0 Å². The molecule has 1 aliphatic rings. The van der Waals surface area contributed by atoms with Gasteiger partial charge in [0.1, 0.15) is 6.54 Å². The third kappa shape index (κ3) is 4.63. The Bertz CT molecular complexity index is 386. The molecule has 1 saturated heterocycles. The van der Waals surface area contributed by atoms with Gasteiger partial charge in [0.2, 0.25) is 5.91 Å². The molecule has 0 radical (unpaired) electrons. The van der Waals surface area contributed by atoms with E-state index in [1.807, 2.05) is 23.1 Å². The average Bonchev–Trinajstić information content (AvgIpc) is 2.45. The minimum atomic E-state index is 0.325. The van der Waals surface area contributed by atoms with Crippen molar-refractivity contribution >= 4 is 5.91 Å². The smallest absolute Gasteiger partial charge is 0.222 e. The van der Waals surface area contributed by atoms with Gasteiger partial charge in [0, 0.05) is 51.2 Å². The van der Waals surface area contributed by atoms with E-state index in [0.717, 1.165) is 45.6 Å². The third-order valence-electron chi connectivity index (χ3n) is 3.69. The summed E-state index contributed by atoms with van der Waals surface area (Å²) in [6, 6.07) is 6.10. The molecule has 2 heterocycles. The Morgan fingerprint density at radius 1 is 1.05 bits per heavy atom. The average molecular weight is 262 g/mol. The molecule has 0 aromatic carbocycles. The first-order chi connectivity index (χ1) is 9.25. The second-order valence-corrected chi connectivity index (χ2v) is 5.25. The lowest BCUT2D eigenvalue weighted by molar-refractivity contribution is -0.697. The minimum absolute atomic E-state index is 0.325. The van der Waals surface area contributed by atoms with Crippen molar-refractivity contribution in [1.82, 2.24) is 9.80 Å². The van der Waals surface area contributed by atoms with Crippen LogP contribution in [0.4, 0.5) is 0 Å². The second-order valence-electron chi connectivity index (χ2n) is 5.25. The molecule has 0 unspecified atom stereocenters. The Balaban J connectivity index is 1.61. The standard InChI is InChI=1S/C15H24N3O/c1-16-11-13-18(14-12-16)15(19)7-3-6-10-17-8-4-2-5-9-17/h2,4-5,8-9H,3,6-7,10-14H2,1H3/q+1. The Labute approximate surface area is 115 Å². The van der Waals surface area contributed by atoms with Gasteiger partial charge >= 0.3 is 0 Å². The SMILES string of the molecule is CN1CCN(C(=O)CCCC[n+]2ccccc2)CC1. The number of hydrogen-bond donors (Lipinski definition) is 0. The van der Waals surface area contributed by atoms with Gasteiger partial charge in [-0.05, 0) is 13.5 Å². The number of carbonyl (C=O) groups is 1. The maximum Gasteiger partial charge on any atom is 0.222 e. The highest BCUT2D eigenvalue weighted by atomic mass is 16.2. The van der Waals surface area contributed by atoms with Gasteiger partial charge in [-0.3, -0.25) is 4.79 Å². The second kappa shape index (κ2) is 7.24. The molecule has 4 nitrogen and oxygen atoms in total. The fourth-order valence-electron chi connectivity index (χ4n) is 2.37. The van der Waals surface area contributed by atoms with E-state index in [-0.39, 0.29) is 0 Å². The Kier molecular flexibility index (Phi) is 5.33. The molecule has 2 rings (SSSR count). The van der Waals surface area contributed by atoms with Crippen molar-refractivity contribution in [3.63, 3.8) is 0 Å². The fraction of sp³-hybridized carbons (Fsp3) is 0.600. The zero-order valence-corrected chi connectivity index (χ0v) is 11.8. The number of unbranched alkanes of at least 4 members (excludes halogenated alkanes) is 1. The molecule has 0 aliphatic carbocycles. The molecule has 0 bridgehead atoms. The summed E-state index contributed by atoms with van der Waals surface area (Å²) >= 11 is 0. The quantitative estimate of drug-likeness (QED) is 0.583. The topological polar surface area (TPSA) is 27.4 Å². The predicted octanol–water partition coefficient (Wildman–Crippen LogP) is 0.918. The summed E-state index contributed by atoms with van der Waals surface area (Å²) in [6.07, 6.45) is 6.88. The lowest BCUT2D eigenvalue weighted by Gasteiger charge is -2.32. The Morgan fingerprint density at radius 2 is 1.74 bits per heavy atom. The van der Waals surface area contributed by atoms with Crippen molar-refractivity contribution in [2.45, 2.75) is 25.8 Å². The highest BCUT2D eigenvalue weighted by Gasteiger charge is 2.18. The number of carbonyl (C=O) groups excluding carboxylic acids is 1. The van der Waals surface area contributed by atoms with Crippen LogP contribution in [0.25, 0.3) is 0 Å². The Morgan fingerprint density at radius 3 is 2.42 bits per heavy atom. The molecular weight excluding hydrogens is 238 g/mol. The number of pyridine rings is 1. The van der Waals surface area contributed by atoms with Crippen molar-refractivity contribution in [2.24, 2.45) is 0 Å². The zero-order chi connectivity index (χ0) is 13.5.